The zero-order valence-corrected chi connectivity index (χ0v) is 22.2. The number of imide groups is 1. The van der Waals surface area contributed by atoms with Gasteiger partial charge < -0.3 is 10.1 Å². The van der Waals surface area contributed by atoms with Crippen molar-refractivity contribution in [2.75, 3.05) is 11.9 Å². The Morgan fingerprint density at radius 3 is 2.61 bits per heavy atom. The number of nitrogens with zero attached hydrogens (tertiary/aromatic N) is 1. The maximum Gasteiger partial charge on any atom is 0.294 e. The zero-order valence-electron chi connectivity index (χ0n) is 18.3. The van der Waals surface area contributed by atoms with Gasteiger partial charge in [0.05, 0.1) is 15.0 Å². The van der Waals surface area contributed by atoms with Crippen LogP contribution in [0.25, 0.3) is 6.08 Å². The summed E-state index contributed by atoms with van der Waals surface area (Å²) < 4.78 is 20.3. The number of amides is 3. The van der Waals surface area contributed by atoms with Gasteiger partial charge in [-0.1, -0.05) is 41.4 Å². The van der Waals surface area contributed by atoms with Gasteiger partial charge in [0, 0.05) is 15.7 Å². The standard InChI is InChI=1S/C25H16BrCl2FN2O4S/c26-18-8-7-15(11-20(18)28)30-23(32)12-31-24(33)22(36-25(31)34)10-14-3-1-4-16(9-14)35-13-17-19(27)5-2-6-21(17)29/h1-11H,12-13H2,(H,30,32)/b22-10+. The minimum atomic E-state index is -0.585. The molecule has 0 aromatic heterocycles. The van der Waals surface area contributed by atoms with Crippen LogP contribution in [-0.2, 0) is 16.2 Å². The topological polar surface area (TPSA) is 75.7 Å². The molecule has 11 heteroatoms. The Hall–Kier alpha value is -2.85. The number of hydrogen-bond acceptors (Lipinski definition) is 5. The highest BCUT2D eigenvalue weighted by Gasteiger charge is 2.36. The Labute approximate surface area is 228 Å². The molecule has 36 heavy (non-hydrogen) atoms. The van der Waals surface area contributed by atoms with E-state index in [4.69, 9.17) is 27.9 Å². The van der Waals surface area contributed by atoms with Crippen LogP contribution in [-0.4, -0.2) is 28.5 Å². The summed E-state index contributed by atoms with van der Waals surface area (Å²) in [5.41, 5.74) is 1.25. The van der Waals surface area contributed by atoms with E-state index in [2.05, 4.69) is 21.2 Å². The van der Waals surface area contributed by atoms with Crippen LogP contribution in [0.5, 0.6) is 5.75 Å². The van der Waals surface area contributed by atoms with Crippen LogP contribution in [0, 0.1) is 5.82 Å². The Balaban J connectivity index is 1.41. The molecule has 6 nitrogen and oxygen atoms in total. The van der Waals surface area contributed by atoms with Crippen molar-refractivity contribution in [2.24, 2.45) is 0 Å². The van der Waals surface area contributed by atoms with Gasteiger partial charge in [-0.15, -0.1) is 0 Å². The van der Waals surface area contributed by atoms with Gasteiger partial charge in [-0.2, -0.15) is 0 Å². The van der Waals surface area contributed by atoms with E-state index in [-0.39, 0.29) is 22.1 Å². The predicted molar refractivity (Wildman–Crippen MR) is 143 cm³/mol. The quantitative estimate of drug-likeness (QED) is 0.288. The van der Waals surface area contributed by atoms with Crippen LogP contribution in [0.2, 0.25) is 10.0 Å². The molecule has 1 saturated heterocycles. The molecular formula is C25H16BrCl2FN2O4S. The highest BCUT2D eigenvalue weighted by atomic mass is 79.9. The number of anilines is 1. The maximum atomic E-state index is 14.0. The third-order valence-corrected chi connectivity index (χ3v) is 7.47. The van der Waals surface area contributed by atoms with Gasteiger partial charge in [-0.25, -0.2) is 4.39 Å². The molecule has 184 valence electrons. The molecule has 0 saturated carbocycles. The average Bonchev–Trinajstić information content (AvgIpc) is 3.08. The SMILES string of the molecule is O=C(CN1C(=O)S/C(=C/c2cccc(OCc3c(F)cccc3Cl)c2)C1=O)Nc1ccc(Br)c(Cl)c1. The first kappa shape index (κ1) is 26.2. The minimum Gasteiger partial charge on any atom is -0.489 e. The van der Waals surface area contributed by atoms with Crippen molar-refractivity contribution < 1.29 is 23.5 Å². The highest BCUT2D eigenvalue weighted by Crippen LogP contribution is 2.33. The molecule has 1 aliphatic rings. The highest BCUT2D eigenvalue weighted by molar-refractivity contribution is 9.10. The van der Waals surface area contributed by atoms with E-state index in [1.807, 2.05) is 0 Å². The van der Waals surface area contributed by atoms with Crippen molar-refractivity contribution in [3.05, 3.63) is 97.0 Å². The van der Waals surface area contributed by atoms with Gasteiger partial charge in [0.1, 0.15) is 24.7 Å². The molecule has 1 N–H and O–H groups in total. The number of benzene rings is 3. The van der Waals surface area contributed by atoms with Crippen molar-refractivity contribution in [3.8, 4) is 5.75 Å². The minimum absolute atomic E-state index is 0.0792. The fraction of sp³-hybridized carbons (Fsp3) is 0.0800. The second-order valence-electron chi connectivity index (χ2n) is 7.51. The van der Waals surface area contributed by atoms with Gasteiger partial charge in [0.2, 0.25) is 5.91 Å². The van der Waals surface area contributed by atoms with E-state index in [9.17, 15) is 18.8 Å². The lowest BCUT2D eigenvalue weighted by Gasteiger charge is -2.12. The number of nitrogens with one attached hydrogen (secondary N) is 1. The molecule has 3 aromatic rings. The first-order valence-corrected chi connectivity index (χ1v) is 12.7. The summed E-state index contributed by atoms with van der Waals surface area (Å²) in [6.45, 7) is -0.521. The van der Waals surface area contributed by atoms with Crippen molar-refractivity contribution in [1.82, 2.24) is 4.90 Å². The summed E-state index contributed by atoms with van der Waals surface area (Å²) in [6, 6.07) is 16.0. The van der Waals surface area contributed by atoms with Crippen molar-refractivity contribution in [2.45, 2.75) is 6.61 Å². The third kappa shape index (κ3) is 6.28. The zero-order chi connectivity index (χ0) is 25.8. The summed E-state index contributed by atoms with van der Waals surface area (Å²) in [5.74, 6) is -1.17. The lowest BCUT2D eigenvalue weighted by atomic mass is 10.2. The summed E-state index contributed by atoms with van der Waals surface area (Å²) in [6.07, 6.45) is 1.53. The molecule has 0 radical (unpaired) electrons. The fourth-order valence-electron chi connectivity index (χ4n) is 3.23. The van der Waals surface area contributed by atoms with Crippen LogP contribution in [0.15, 0.2) is 70.0 Å². The van der Waals surface area contributed by atoms with Gasteiger partial charge in [0.15, 0.2) is 0 Å². The second-order valence-corrected chi connectivity index (χ2v) is 10.2. The normalized spacial score (nSPS) is 14.4. The molecular weight excluding hydrogens is 594 g/mol. The number of ether oxygens (including phenoxy) is 1. The predicted octanol–water partition coefficient (Wildman–Crippen LogP) is 7.15. The van der Waals surface area contributed by atoms with E-state index in [1.54, 1.807) is 48.5 Å². The maximum absolute atomic E-state index is 14.0. The van der Waals surface area contributed by atoms with Gasteiger partial charge >= 0.3 is 0 Å². The molecule has 4 rings (SSSR count). The summed E-state index contributed by atoms with van der Waals surface area (Å²) in [7, 11) is 0. The summed E-state index contributed by atoms with van der Waals surface area (Å²) >= 11 is 16.1. The second kappa shape index (κ2) is 11.5. The molecule has 1 aliphatic heterocycles. The first-order valence-electron chi connectivity index (χ1n) is 10.4. The summed E-state index contributed by atoms with van der Waals surface area (Å²) in [4.78, 5) is 38.6. The van der Waals surface area contributed by atoms with E-state index in [1.165, 1.54) is 18.2 Å². The van der Waals surface area contributed by atoms with Crippen LogP contribution >= 0.6 is 50.9 Å². The smallest absolute Gasteiger partial charge is 0.294 e. The lowest BCUT2D eigenvalue weighted by Crippen LogP contribution is -2.36. The lowest BCUT2D eigenvalue weighted by molar-refractivity contribution is -0.127. The van der Waals surface area contributed by atoms with Crippen LogP contribution in [0.4, 0.5) is 14.9 Å². The van der Waals surface area contributed by atoms with Crippen molar-refractivity contribution >= 4 is 79.7 Å². The summed E-state index contributed by atoms with van der Waals surface area (Å²) in [5, 5.41) is 2.72. The van der Waals surface area contributed by atoms with E-state index in [0.717, 1.165) is 16.7 Å². The number of carbonyl (C=O) groups is 3. The number of rotatable bonds is 7. The van der Waals surface area contributed by atoms with Gasteiger partial charge in [-0.3, -0.25) is 19.3 Å². The van der Waals surface area contributed by atoms with Gasteiger partial charge in [-0.05, 0) is 81.8 Å². The molecule has 3 amide bonds. The Morgan fingerprint density at radius 2 is 1.86 bits per heavy atom. The first-order chi connectivity index (χ1) is 17.2. The number of halogens is 4. The number of thioether (sulfide) groups is 1. The average molecular weight is 610 g/mol. The Bertz CT molecular complexity index is 1380. The fourth-order valence-corrected chi connectivity index (χ4v) is 4.71. The Morgan fingerprint density at radius 1 is 1.08 bits per heavy atom. The molecule has 3 aromatic carbocycles. The molecule has 0 bridgehead atoms. The van der Waals surface area contributed by atoms with Crippen molar-refractivity contribution in [1.29, 1.82) is 0 Å². The van der Waals surface area contributed by atoms with E-state index < -0.39 is 29.4 Å². The van der Waals surface area contributed by atoms with Crippen LogP contribution in [0.1, 0.15) is 11.1 Å². The number of carbonyl (C=O) groups excluding carboxylic acids is 3. The monoisotopic (exact) mass is 608 g/mol. The van der Waals surface area contributed by atoms with Gasteiger partial charge in [0.25, 0.3) is 11.1 Å². The largest absolute Gasteiger partial charge is 0.489 e. The van der Waals surface area contributed by atoms with Crippen molar-refractivity contribution in [3.63, 3.8) is 0 Å². The number of hydrogen-bond donors (Lipinski definition) is 1. The van der Waals surface area contributed by atoms with Crippen LogP contribution in [0.3, 0.4) is 0 Å². The van der Waals surface area contributed by atoms with Crippen LogP contribution < -0.4 is 10.1 Å². The molecule has 1 heterocycles. The Kier molecular flexibility index (Phi) is 8.35. The van der Waals surface area contributed by atoms with E-state index in [0.29, 0.717) is 26.5 Å². The third-order valence-electron chi connectivity index (χ3n) is 4.98. The molecule has 0 spiro atoms. The molecule has 0 unspecified atom stereocenters. The molecule has 0 aliphatic carbocycles. The molecule has 0 atom stereocenters. The molecule has 1 fully saturated rings. The van der Waals surface area contributed by atoms with E-state index >= 15 is 0 Å².